The van der Waals surface area contributed by atoms with E-state index < -0.39 is 0 Å². The Hall–Kier alpha value is -2.87. The Labute approximate surface area is 136 Å². The monoisotopic (exact) mass is 299 g/mol. The number of benzene rings is 3. The van der Waals surface area contributed by atoms with Crippen molar-refractivity contribution in [3.8, 4) is 22.3 Å². The zero-order valence-electron chi connectivity index (χ0n) is 13.0. The van der Waals surface area contributed by atoms with E-state index in [1.54, 1.807) is 6.92 Å². The van der Waals surface area contributed by atoms with Crippen LogP contribution in [0, 0.1) is 0 Å². The molecule has 4 rings (SSSR count). The summed E-state index contributed by atoms with van der Waals surface area (Å²) in [6, 6.07) is 25.0. The normalized spacial score (nSPS) is 12.5. The van der Waals surface area contributed by atoms with Crippen molar-refractivity contribution in [3.05, 3.63) is 78.4 Å². The van der Waals surface area contributed by atoms with E-state index in [0.29, 0.717) is 6.54 Å². The van der Waals surface area contributed by atoms with Gasteiger partial charge in [-0.05, 0) is 34.4 Å². The predicted octanol–water partition coefficient (Wildman–Crippen LogP) is 4.89. The van der Waals surface area contributed by atoms with Crippen molar-refractivity contribution in [2.24, 2.45) is 0 Å². The minimum Gasteiger partial charge on any atom is -0.308 e. The van der Waals surface area contributed by atoms with Gasteiger partial charge in [-0.2, -0.15) is 0 Å². The molecule has 0 saturated heterocycles. The van der Waals surface area contributed by atoms with Gasteiger partial charge in [0, 0.05) is 12.5 Å². The second-order valence-corrected chi connectivity index (χ2v) is 5.86. The number of hydrogen-bond donors (Lipinski definition) is 0. The Balaban J connectivity index is 1.88. The highest BCUT2D eigenvalue weighted by Crippen LogP contribution is 2.40. The molecule has 3 aromatic rings. The van der Waals surface area contributed by atoms with Crippen LogP contribution in [0.1, 0.15) is 12.5 Å². The number of carbonyl (C=O) groups is 1. The fraction of sp³-hybridized carbons (Fsp3) is 0.0952. The van der Waals surface area contributed by atoms with Crippen molar-refractivity contribution < 1.29 is 4.79 Å². The van der Waals surface area contributed by atoms with E-state index in [1.807, 2.05) is 41.3 Å². The highest BCUT2D eigenvalue weighted by molar-refractivity contribution is 5.99. The average molecular weight is 299 g/mol. The maximum Gasteiger partial charge on any atom is 0.224 e. The van der Waals surface area contributed by atoms with Crippen LogP contribution in [0.3, 0.4) is 0 Å². The average Bonchev–Trinajstić information content (AvgIpc) is 2.61. The quantitative estimate of drug-likeness (QED) is 0.626. The smallest absolute Gasteiger partial charge is 0.224 e. The number of carbonyl (C=O) groups excluding carboxylic acids is 1. The standard InChI is InChI=1S/C21H17NO/c1-15(23)22-14-18-13-17(16-7-3-2-4-8-16)11-12-19(18)20-9-5-6-10-21(20)22/h2-13H,14H2,1H3. The molecule has 1 aliphatic heterocycles. The van der Waals surface area contributed by atoms with Crippen molar-refractivity contribution in [1.82, 2.24) is 0 Å². The van der Waals surface area contributed by atoms with Crippen molar-refractivity contribution in [3.63, 3.8) is 0 Å². The lowest BCUT2D eigenvalue weighted by molar-refractivity contribution is -0.116. The molecular formula is C21H17NO. The van der Waals surface area contributed by atoms with Crippen LogP contribution in [0.15, 0.2) is 72.8 Å². The Morgan fingerprint density at radius 1 is 0.826 bits per heavy atom. The molecule has 112 valence electrons. The largest absolute Gasteiger partial charge is 0.308 e. The third-order valence-electron chi connectivity index (χ3n) is 4.41. The molecule has 0 saturated carbocycles. The molecule has 1 aliphatic rings. The number of anilines is 1. The Morgan fingerprint density at radius 2 is 1.57 bits per heavy atom. The van der Waals surface area contributed by atoms with Gasteiger partial charge in [-0.25, -0.2) is 0 Å². The second-order valence-electron chi connectivity index (χ2n) is 5.86. The SMILES string of the molecule is CC(=O)N1Cc2cc(-c3ccccc3)ccc2-c2ccccc21. The van der Waals surface area contributed by atoms with E-state index in [1.165, 1.54) is 22.3 Å². The van der Waals surface area contributed by atoms with Gasteiger partial charge < -0.3 is 4.90 Å². The lowest BCUT2D eigenvalue weighted by Gasteiger charge is -2.30. The zero-order valence-corrected chi connectivity index (χ0v) is 13.0. The molecule has 0 aliphatic carbocycles. The molecule has 23 heavy (non-hydrogen) atoms. The van der Waals surface area contributed by atoms with Gasteiger partial charge in [0.2, 0.25) is 5.91 Å². The van der Waals surface area contributed by atoms with Gasteiger partial charge in [-0.15, -0.1) is 0 Å². The number of nitrogens with zero attached hydrogens (tertiary/aromatic N) is 1. The van der Waals surface area contributed by atoms with E-state index in [9.17, 15) is 4.79 Å². The first-order valence-corrected chi connectivity index (χ1v) is 7.80. The molecule has 1 heterocycles. The van der Waals surface area contributed by atoms with Gasteiger partial charge in [-0.1, -0.05) is 60.7 Å². The molecule has 0 unspecified atom stereocenters. The minimum absolute atomic E-state index is 0.0771. The van der Waals surface area contributed by atoms with Crippen LogP contribution < -0.4 is 4.90 Å². The third kappa shape index (κ3) is 2.33. The van der Waals surface area contributed by atoms with Crippen LogP contribution in [0.4, 0.5) is 5.69 Å². The molecule has 0 N–H and O–H groups in total. The first-order chi connectivity index (χ1) is 11.2. The first kappa shape index (κ1) is 13.8. The summed E-state index contributed by atoms with van der Waals surface area (Å²) in [6.07, 6.45) is 0. The van der Waals surface area contributed by atoms with Crippen molar-refractivity contribution >= 4 is 11.6 Å². The van der Waals surface area contributed by atoms with E-state index in [4.69, 9.17) is 0 Å². The van der Waals surface area contributed by atoms with Crippen LogP contribution in [-0.4, -0.2) is 5.91 Å². The number of para-hydroxylation sites is 1. The Morgan fingerprint density at radius 3 is 2.35 bits per heavy atom. The predicted molar refractivity (Wildman–Crippen MR) is 94.2 cm³/mol. The summed E-state index contributed by atoms with van der Waals surface area (Å²) < 4.78 is 0. The molecule has 2 heteroatoms. The highest BCUT2D eigenvalue weighted by Gasteiger charge is 2.24. The van der Waals surface area contributed by atoms with Crippen molar-refractivity contribution in [2.75, 3.05) is 4.90 Å². The van der Waals surface area contributed by atoms with Crippen LogP contribution >= 0.6 is 0 Å². The lowest BCUT2D eigenvalue weighted by atomic mass is 9.90. The Kier molecular flexibility index (Phi) is 3.23. The molecule has 0 aromatic heterocycles. The molecule has 0 spiro atoms. The fourth-order valence-electron chi connectivity index (χ4n) is 3.27. The van der Waals surface area contributed by atoms with E-state index in [-0.39, 0.29) is 5.91 Å². The van der Waals surface area contributed by atoms with Gasteiger partial charge in [-0.3, -0.25) is 4.79 Å². The van der Waals surface area contributed by atoms with E-state index in [2.05, 4.69) is 36.4 Å². The fourth-order valence-corrected chi connectivity index (χ4v) is 3.27. The number of fused-ring (bicyclic) bond motifs is 3. The summed E-state index contributed by atoms with van der Waals surface area (Å²) in [4.78, 5) is 13.9. The number of amides is 1. The van der Waals surface area contributed by atoms with Gasteiger partial charge in [0.25, 0.3) is 0 Å². The summed E-state index contributed by atoms with van der Waals surface area (Å²) in [5, 5.41) is 0. The lowest BCUT2D eigenvalue weighted by Crippen LogP contribution is -2.30. The van der Waals surface area contributed by atoms with Crippen molar-refractivity contribution in [2.45, 2.75) is 13.5 Å². The van der Waals surface area contributed by atoms with Crippen LogP contribution in [0.5, 0.6) is 0 Å². The Bertz CT molecular complexity index is 883. The molecule has 0 radical (unpaired) electrons. The molecule has 0 fully saturated rings. The van der Waals surface area contributed by atoms with E-state index >= 15 is 0 Å². The molecule has 2 nitrogen and oxygen atoms in total. The number of hydrogen-bond acceptors (Lipinski definition) is 1. The first-order valence-electron chi connectivity index (χ1n) is 7.80. The maximum atomic E-state index is 12.1. The second kappa shape index (κ2) is 5.40. The molecular weight excluding hydrogens is 282 g/mol. The van der Waals surface area contributed by atoms with Gasteiger partial charge in [0.15, 0.2) is 0 Å². The van der Waals surface area contributed by atoms with Gasteiger partial charge >= 0.3 is 0 Å². The minimum atomic E-state index is 0.0771. The van der Waals surface area contributed by atoms with Crippen LogP contribution in [0.2, 0.25) is 0 Å². The third-order valence-corrected chi connectivity index (χ3v) is 4.41. The number of rotatable bonds is 1. The summed E-state index contributed by atoms with van der Waals surface area (Å²) in [5.74, 6) is 0.0771. The van der Waals surface area contributed by atoms with Crippen LogP contribution in [0.25, 0.3) is 22.3 Å². The molecule has 0 atom stereocenters. The van der Waals surface area contributed by atoms with E-state index in [0.717, 1.165) is 11.3 Å². The van der Waals surface area contributed by atoms with Crippen molar-refractivity contribution in [1.29, 1.82) is 0 Å². The summed E-state index contributed by atoms with van der Waals surface area (Å²) in [5.41, 5.74) is 6.93. The topological polar surface area (TPSA) is 20.3 Å². The molecule has 1 amide bonds. The molecule has 0 bridgehead atoms. The zero-order chi connectivity index (χ0) is 15.8. The maximum absolute atomic E-state index is 12.1. The summed E-state index contributed by atoms with van der Waals surface area (Å²) in [6.45, 7) is 2.26. The van der Waals surface area contributed by atoms with Gasteiger partial charge in [0.1, 0.15) is 0 Å². The highest BCUT2D eigenvalue weighted by atomic mass is 16.2. The van der Waals surface area contributed by atoms with Crippen LogP contribution in [-0.2, 0) is 11.3 Å². The summed E-state index contributed by atoms with van der Waals surface area (Å²) in [7, 11) is 0. The molecule has 3 aromatic carbocycles. The summed E-state index contributed by atoms with van der Waals surface area (Å²) >= 11 is 0. The van der Waals surface area contributed by atoms with Gasteiger partial charge in [0.05, 0.1) is 12.2 Å².